The SMILES string of the molecule is CNc1ccnc(-c2cc3ccccc3o2)n1. The Bertz CT molecular complexity index is 627. The van der Waals surface area contributed by atoms with E-state index in [2.05, 4.69) is 15.3 Å². The molecule has 0 aliphatic heterocycles. The van der Waals surface area contributed by atoms with Gasteiger partial charge in [-0.3, -0.25) is 0 Å². The number of benzene rings is 1. The maximum Gasteiger partial charge on any atom is 0.197 e. The standard InChI is InChI=1S/C13H11N3O/c1-14-12-6-7-15-13(16-12)11-8-9-4-2-3-5-10(9)17-11/h2-8H,1H3,(H,14,15,16). The number of aromatic nitrogens is 2. The monoisotopic (exact) mass is 225 g/mol. The normalized spacial score (nSPS) is 10.6. The van der Waals surface area contributed by atoms with Gasteiger partial charge in [-0.1, -0.05) is 18.2 Å². The van der Waals surface area contributed by atoms with Crippen molar-refractivity contribution in [3.8, 4) is 11.6 Å². The van der Waals surface area contributed by atoms with Crippen molar-refractivity contribution in [3.05, 3.63) is 42.6 Å². The van der Waals surface area contributed by atoms with Crippen molar-refractivity contribution in [3.63, 3.8) is 0 Å². The first-order valence-electron chi connectivity index (χ1n) is 5.36. The van der Waals surface area contributed by atoms with Crippen molar-refractivity contribution in [2.24, 2.45) is 0 Å². The summed E-state index contributed by atoms with van der Waals surface area (Å²) in [6.07, 6.45) is 1.71. The van der Waals surface area contributed by atoms with Crippen molar-refractivity contribution in [1.29, 1.82) is 0 Å². The van der Waals surface area contributed by atoms with Crippen molar-refractivity contribution < 1.29 is 4.42 Å². The molecule has 3 aromatic rings. The summed E-state index contributed by atoms with van der Waals surface area (Å²) in [5.74, 6) is 2.05. The van der Waals surface area contributed by atoms with Crippen molar-refractivity contribution >= 4 is 16.8 Å². The van der Waals surface area contributed by atoms with E-state index < -0.39 is 0 Å². The molecule has 0 fully saturated rings. The number of hydrogen-bond acceptors (Lipinski definition) is 4. The van der Waals surface area contributed by atoms with Crippen LogP contribution in [0.25, 0.3) is 22.6 Å². The minimum atomic E-state index is 0.591. The Balaban J connectivity index is 2.13. The van der Waals surface area contributed by atoms with Gasteiger partial charge in [0.2, 0.25) is 0 Å². The predicted octanol–water partition coefficient (Wildman–Crippen LogP) is 2.93. The molecule has 0 bridgehead atoms. The highest BCUT2D eigenvalue weighted by Crippen LogP contribution is 2.25. The second-order valence-electron chi connectivity index (χ2n) is 3.66. The van der Waals surface area contributed by atoms with Gasteiger partial charge in [-0.05, 0) is 18.2 Å². The topological polar surface area (TPSA) is 51.0 Å². The van der Waals surface area contributed by atoms with Crippen LogP contribution in [0.2, 0.25) is 0 Å². The quantitative estimate of drug-likeness (QED) is 0.728. The van der Waals surface area contributed by atoms with E-state index in [4.69, 9.17) is 4.42 Å². The van der Waals surface area contributed by atoms with Crippen LogP contribution in [-0.4, -0.2) is 17.0 Å². The minimum absolute atomic E-state index is 0.591. The molecule has 0 unspecified atom stereocenters. The molecule has 3 rings (SSSR count). The van der Waals surface area contributed by atoms with Gasteiger partial charge < -0.3 is 9.73 Å². The first kappa shape index (κ1) is 9.84. The molecule has 0 saturated heterocycles. The Hall–Kier alpha value is -2.36. The smallest absolute Gasteiger partial charge is 0.197 e. The summed E-state index contributed by atoms with van der Waals surface area (Å²) in [5.41, 5.74) is 0.848. The van der Waals surface area contributed by atoms with Gasteiger partial charge in [0.1, 0.15) is 11.4 Å². The summed E-state index contributed by atoms with van der Waals surface area (Å²) in [7, 11) is 1.82. The number of furan rings is 1. The van der Waals surface area contributed by atoms with Gasteiger partial charge in [0.15, 0.2) is 11.6 Å². The zero-order valence-corrected chi connectivity index (χ0v) is 9.34. The fraction of sp³-hybridized carbons (Fsp3) is 0.0769. The molecule has 0 amide bonds. The molecule has 4 nitrogen and oxygen atoms in total. The second kappa shape index (κ2) is 3.90. The molecule has 1 N–H and O–H groups in total. The predicted molar refractivity (Wildman–Crippen MR) is 66.8 cm³/mol. The second-order valence-corrected chi connectivity index (χ2v) is 3.66. The summed E-state index contributed by atoms with van der Waals surface area (Å²) in [6, 6.07) is 11.6. The Morgan fingerprint density at radius 2 is 2.06 bits per heavy atom. The van der Waals surface area contributed by atoms with E-state index in [0.717, 1.165) is 16.8 Å². The molecule has 17 heavy (non-hydrogen) atoms. The van der Waals surface area contributed by atoms with Gasteiger partial charge in [-0.2, -0.15) is 0 Å². The number of nitrogens with zero attached hydrogens (tertiary/aromatic N) is 2. The lowest BCUT2D eigenvalue weighted by Gasteiger charge is -1.99. The van der Waals surface area contributed by atoms with Gasteiger partial charge >= 0.3 is 0 Å². The first-order valence-corrected chi connectivity index (χ1v) is 5.36. The number of rotatable bonds is 2. The lowest BCUT2D eigenvalue weighted by atomic mass is 10.2. The maximum absolute atomic E-state index is 5.70. The molecule has 84 valence electrons. The molecule has 0 spiro atoms. The molecular formula is C13H11N3O. The summed E-state index contributed by atoms with van der Waals surface area (Å²) < 4.78 is 5.70. The minimum Gasteiger partial charge on any atom is -0.453 e. The van der Waals surface area contributed by atoms with Crippen LogP contribution in [0.15, 0.2) is 47.0 Å². The van der Waals surface area contributed by atoms with Crippen LogP contribution in [0.3, 0.4) is 0 Å². The van der Waals surface area contributed by atoms with Crippen LogP contribution >= 0.6 is 0 Å². The zero-order valence-electron chi connectivity index (χ0n) is 9.34. The summed E-state index contributed by atoms with van der Waals surface area (Å²) in [6.45, 7) is 0. The molecule has 0 saturated carbocycles. The highest BCUT2D eigenvalue weighted by Gasteiger charge is 2.08. The van der Waals surface area contributed by atoms with E-state index in [1.807, 2.05) is 43.4 Å². The van der Waals surface area contributed by atoms with E-state index in [9.17, 15) is 0 Å². The summed E-state index contributed by atoms with van der Waals surface area (Å²) >= 11 is 0. The maximum atomic E-state index is 5.70. The van der Waals surface area contributed by atoms with E-state index in [-0.39, 0.29) is 0 Å². The lowest BCUT2D eigenvalue weighted by Crippen LogP contribution is -1.94. The van der Waals surface area contributed by atoms with Gasteiger partial charge in [0.05, 0.1) is 0 Å². The van der Waals surface area contributed by atoms with Crippen LogP contribution < -0.4 is 5.32 Å². The van der Waals surface area contributed by atoms with Crippen molar-refractivity contribution in [2.45, 2.75) is 0 Å². The average molecular weight is 225 g/mol. The first-order chi connectivity index (χ1) is 8.36. The van der Waals surface area contributed by atoms with Crippen LogP contribution in [0.5, 0.6) is 0 Å². The third-order valence-corrected chi connectivity index (χ3v) is 2.56. The average Bonchev–Trinajstić information content (AvgIpc) is 2.82. The third-order valence-electron chi connectivity index (χ3n) is 2.56. The van der Waals surface area contributed by atoms with Gasteiger partial charge in [0, 0.05) is 18.6 Å². The molecule has 0 aliphatic carbocycles. The van der Waals surface area contributed by atoms with E-state index in [0.29, 0.717) is 11.6 Å². The lowest BCUT2D eigenvalue weighted by molar-refractivity contribution is 0.625. The molecule has 0 atom stereocenters. The van der Waals surface area contributed by atoms with Crippen molar-refractivity contribution in [1.82, 2.24) is 9.97 Å². The van der Waals surface area contributed by atoms with Crippen molar-refractivity contribution in [2.75, 3.05) is 12.4 Å². The number of anilines is 1. The highest BCUT2D eigenvalue weighted by atomic mass is 16.3. The number of hydrogen-bond donors (Lipinski definition) is 1. The Labute approximate surface area is 98.3 Å². The Morgan fingerprint density at radius 1 is 1.18 bits per heavy atom. The summed E-state index contributed by atoms with van der Waals surface area (Å²) in [5, 5.41) is 4.03. The largest absolute Gasteiger partial charge is 0.453 e. The molecule has 1 aromatic carbocycles. The number of para-hydroxylation sites is 1. The molecule has 2 heterocycles. The van der Waals surface area contributed by atoms with Gasteiger partial charge in [-0.15, -0.1) is 0 Å². The highest BCUT2D eigenvalue weighted by molar-refractivity contribution is 5.81. The molecule has 2 aromatic heterocycles. The summed E-state index contributed by atoms with van der Waals surface area (Å²) in [4.78, 5) is 8.55. The fourth-order valence-electron chi connectivity index (χ4n) is 1.71. The van der Waals surface area contributed by atoms with E-state index in [1.165, 1.54) is 0 Å². The fourth-order valence-corrected chi connectivity index (χ4v) is 1.71. The van der Waals surface area contributed by atoms with E-state index in [1.54, 1.807) is 6.20 Å². The van der Waals surface area contributed by atoms with Crippen LogP contribution in [0, 0.1) is 0 Å². The molecule has 0 aliphatic rings. The molecular weight excluding hydrogens is 214 g/mol. The van der Waals surface area contributed by atoms with Gasteiger partial charge in [-0.25, -0.2) is 9.97 Å². The molecule has 4 heteroatoms. The number of nitrogens with one attached hydrogen (secondary N) is 1. The Kier molecular flexibility index (Phi) is 2.26. The van der Waals surface area contributed by atoms with E-state index >= 15 is 0 Å². The third kappa shape index (κ3) is 1.73. The van der Waals surface area contributed by atoms with Crippen LogP contribution in [0.1, 0.15) is 0 Å². The van der Waals surface area contributed by atoms with Crippen LogP contribution in [0.4, 0.5) is 5.82 Å². The van der Waals surface area contributed by atoms with Gasteiger partial charge in [0.25, 0.3) is 0 Å². The molecule has 0 radical (unpaired) electrons. The Morgan fingerprint density at radius 3 is 2.88 bits per heavy atom. The zero-order chi connectivity index (χ0) is 11.7. The number of fused-ring (bicyclic) bond motifs is 1. The van der Waals surface area contributed by atoms with Crippen LogP contribution in [-0.2, 0) is 0 Å².